The van der Waals surface area contributed by atoms with Gasteiger partial charge < -0.3 is 4.74 Å². The van der Waals surface area contributed by atoms with Gasteiger partial charge in [-0.2, -0.15) is 0 Å². The standard InChI is InChI=1S/C11H9BrN4O2/c12-8-3-1-7(2-4-8)10-11(17)18-9(5-14-10)6-15-16-13/h1-4,9H,5-6H2/t9-/m0/s1. The number of hydrogen-bond donors (Lipinski definition) is 0. The molecule has 18 heavy (non-hydrogen) atoms. The highest BCUT2D eigenvalue weighted by Gasteiger charge is 2.25. The second kappa shape index (κ2) is 5.66. The summed E-state index contributed by atoms with van der Waals surface area (Å²) in [6.07, 6.45) is -0.465. The van der Waals surface area contributed by atoms with Crippen LogP contribution in [0.15, 0.2) is 38.8 Å². The van der Waals surface area contributed by atoms with Crippen molar-refractivity contribution in [3.63, 3.8) is 0 Å². The van der Waals surface area contributed by atoms with Crippen LogP contribution in [0.25, 0.3) is 10.4 Å². The number of nitrogens with zero attached hydrogens (tertiary/aromatic N) is 4. The van der Waals surface area contributed by atoms with Crippen molar-refractivity contribution >= 4 is 27.6 Å². The fraction of sp³-hybridized carbons (Fsp3) is 0.273. The molecule has 1 aromatic carbocycles. The van der Waals surface area contributed by atoms with E-state index in [0.29, 0.717) is 17.8 Å². The third kappa shape index (κ3) is 2.88. The van der Waals surface area contributed by atoms with Gasteiger partial charge in [-0.15, -0.1) is 0 Å². The van der Waals surface area contributed by atoms with E-state index in [1.54, 1.807) is 12.1 Å². The molecule has 0 unspecified atom stereocenters. The van der Waals surface area contributed by atoms with Gasteiger partial charge in [-0.3, -0.25) is 4.99 Å². The first-order chi connectivity index (χ1) is 8.70. The van der Waals surface area contributed by atoms with Crippen LogP contribution in [0.1, 0.15) is 5.56 Å². The van der Waals surface area contributed by atoms with Gasteiger partial charge in [-0.25, -0.2) is 4.79 Å². The monoisotopic (exact) mass is 308 g/mol. The second-order valence-electron chi connectivity index (χ2n) is 3.64. The van der Waals surface area contributed by atoms with Crippen molar-refractivity contribution in [2.24, 2.45) is 10.1 Å². The average Bonchev–Trinajstić information content (AvgIpc) is 2.38. The first kappa shape index (κ1) is 12.6. The van der Waals surface area contributed by atoms with Crippen LogP contribution in [0.4, 0.5) is 0 Å². The molecule has 6 nitrogen and oxygen atoms in total. The number of carbonyl (C=O) groups is 1. The highest BCUT2D eigenvalue weighted by Crippen LogP contribution is 2.14. The van der Waals surface area contributed by atoms with Crippen molar-refractivity contribution < 1.29 is 9.53 Å². The first-order valence-electron chi connectivity index (χ1n) is 5.23. The third-order valence-corrected chi connectivity index (χ3v) is 2.91. The molecule has 1 heterocycles. The fourth-order valence-electron chi connectivity index (χ4n) is 1.54. The summed E-state index contributed by atoms with van der Waals surface area (Å²) in [5, 5.41) is 3.37. The summed E-state index contributed by atoms with van der Waals surface area (Å²) in [5.41, 5.74) is 9.22. The van der Waals surface area contributed by atoms with Crippen molar-refractivity contribution in [3.05, 3.63) is 44.7 Å². The molecule has 1 aliphatic heterocycles. The maximum absolute atomic E-state index is 11.8. The highest BCUT2D eigenvalue weighted by atomic mass is 79.9. The molecule has 1 aliphatic rings. The maximum atomic E-state index is 11.8. The van der Waals surface area contributed by atoms with Crippen LogP contribution in [-0.4, -0.2) is 30.9 Å². The molecule has 0 saturated heterocycles. The second-order valence-corrected chi connectivity index (χ2v) is 4.55. The van der Waals surface area contributed by atoms with E-state index in [1.807, 2.05) is 12.1 Å². The Hall–Kier alpha value is -1.85. The fourth-order valence-corrected chi connectivity index (χ4v) is 1.81. The van der Waals surface area contributed by atoms with Crippen molar-refractivity contribution in [3.8, 4) is 0 Å². The Morgan fingerprint density at radius 1 is 1.50 bits per heavy atom. The lowest BCUT2D eigenvalue weighted by molar-refractivity contribution is -0.140. The molecule has 2 rings (SSSR count). The van der Waals surface area contributed by atoms with E-state index >= 15 is 0 Å². The zero-order chi connectivity index (χ0) is 13.0. The summed E-state index contributed by atoms with van der Waals surface area (Å²) in [6.45, 7) is 0.426. The van der Waals surface area contributed by atoms with Crippen LogP contribution in [0.3, 0.4) is 0 Å². The van der Waals surface area contributed by atoms with Crippen LogP contribution in [-0.2, 0) is 9.53 Å². The average molecular weight is 309 g/mol. The molecule has 0 N–H and O–H groups in total. The van der Waals surface area contributed by atoms with E-state index < -0.39 is 12.1 Å². The predicted molar refractivity (Wildman–Crippen MR) is 69.4 cm³/mol. The summed E-state index contributed by atoms with van der Waals surface area (Å²) in [5.74, 6) is -0.485. The summed E-state index contributed by atoms with van der Waals surface area (Å²) in [4.78, 5) is 18.6. The molecular formula is C11H9BrN4O2. The van der Waals surface area contributed by atoms with E-state index in [-0.39, 0.29) is 6.54 Å². The van der Waals surface area contributed by atoms with Crippen molar-refractivity contribution in [1.82, 2.24) is 0 Å². The molecular weight excluding hydrogens is 300 g/mol. The number of aliphatic imine (C=N–C) groups is 1. The summed E-state index contributed by atoms with van der Waals surface area (Å²) < 4.78 is 6.07. The van der Waals surface area contributed by atoms with Gasteiger partial charge in [0.25, 0.3) is 0 Å². The highest BCUT2D eigenvalue weighted by molar-refractivity contribution is 9.10. The van der Waals surface area contributed by atoms with Gasteiger partial charge in [-0.05, 0) is 17.7 Å². The first-order valence-corrected chi connectivity index (χ1v) is 6.02. The Kier molecular flexibility index (Phi) is 3.96. The Morgan fingerprint density at radius 3 is 2.83 bits per heavy atom. The summed E-state index contributed by atoms with van der Waals surface area (Å²) in [7, 11) is 0. The number of hydrogen-bond acceptors (Lipinski definition) is 4. The third-order valence-electron chi connectivity index (χ3n) is 2.39. The minimum atomic E-state index is -0.485. The zero-order valence-electron chi connectivity index (χ0n) is 9.28. The molecule has 1 atom stereocenters. The number of carbonyl (C=O) groups excluding carboxylic acids is 1. The van der Waals surface area contributed by atoms with Gasteiger partial charge in [0.1, 0.15) is 6.10 Å². The van der Waals surface area contributed by atoms with Crippen molar-refractivity contribution in [2.45, 2.75) is 6.10 Å². The Bertz CT molecular complexity index is 534. The number of cyclic esters (lactones) is 1. The number of azide groups is 1. The van der Waals surface area contributed by atoms with Gasteiger partial charge in [0.05, 0.1) is 13.1 Å². The van der Waals surface area contributed by atoms with Crippen molar-refractivity contribution in [1.29, 1.82) is 0 Å². The summed E-state index contributed by atoms with van der Waals surface area (Å²) >= 11 is 3.32. The van der Waals surface area contributed by atoms with Crippen LogP contribution >= 0.6 is 15.9 Å². The molecule has 0 fully saturated rings. The molecule has 7 heteroatoms. The molecule has 0 aliphatic carbocycles. The Balaban J connectivity index is 2.15. The largest absolute Gasteiger partial charge is 0.456 e. The van der Waals surface area contributed by atoms with Crippen molar-refractivity contribution in [2.75, 3.05) is 13.1 Å². The van der Waals surface area contributed by atoms with Gasteiger partial charge in [0.2, 0.25) is 0 Å². The van der Waals surface area contributed by atoms with E-state index in [9.17, 15) is 4.79 Å². The molecule has 0 aromatic heterocycles. The SMILES string of the molecule is [N-]=[N+]=NC[C@@H]1CN=C(c2ccc(Br)cc2)C(=O)O1. The molecule has 0 spiro atoms. The zero-order valence-corrected chi connectivity index (χ0v) is 10.9. The topological polar surface area (TPSA) is 87.4 Å². The molecule has 1 aromatic rings. The lowest BCUT2D eigenvalue weighted by Gasteiger charge is -2.20. The van der Waals surface area contributed by atoms with Gasteiger partial charge in [-0.1, -0.05) is 33.2 Å². The minimum Gasteiger partial charge on any atom is -0.456 e. The molecule has 0 amide bonds. The predicted octanol–water partition coefficient (Wildman–Crippen LogP) is 2.47. The van der Waals surface area contributed by atoms with Gasteiger partial charge in [0.15, 0.2) is 5.71 Å². The quantitative estimate of drug-likeness (QED) is 0.371. The van der Waals surface area contributed by atoms with E-state index in [0.717, 1.165) is 4.47 Å². The number of halogens is 1. The smallest absolute Gasteiger partial charge is 0.357 e. The van der Waals surface area contributed by atoms with Crippen LogP contribution in [0.5, 0.6) is 0 Å². The molecule has 92 valence electrons. The number of esters is 1. The lowest BCUT2D eigenvalue weighted by atomic mass is 10.1. The normalized spacial score (nSPS) is 18.6. The van der Waals surface area contributed by atoms with E-state index in [1.165, 1.54) is 0 Å². The van der Waals surface area contributed by atoms with Crippen LogP contribution < -0.4 is 0 Å². The van der Waals surface area contributed by atoms with E-state index in [2.05, 4.69) is 30.9 Å². The number of rotatable bonds is 3. The minimum absolute atomic E-state index is 0.110. The number of benzene rings is 1. The Labute approximate surface area is 111 Å². The van der Waals surface area contributed by atoms with Gasteiger partial charge in [0, 0.05) is 14.9 Å². The molecule has 0 saturated carbocycles. The van der Waals surface area contributed by atoms with Crippen LogP contribution in [0.2, 0.25) is 0 Å². The van der Waals surface area contributed by atoms with Crippen LogP contribution in [0, 0.1) is 0 Å². The maximum Gasteiger partial charge on any atom is 0.357 e. The van der Waals surface area contributed by atoms with Gasteiger partial charge >= 0.3 is 5.97 Å². The van der Waals surface area contributed by atoms with E-state index in [4.69, 9.17) is 10.3 Å². The molecule has 0 radical (unpaired) electrons. The summed E-state index contributed by atoms with van der Waals surface area (Å²) in [6, 6.07) is 7.24. The molecule has 0 bridgehead atoms. The lowest BCUT2D eigenvalue weighted by Crippen LogP contribution is -2.34. The Morgan fingerprint density at radius 2 is 2.22 bits per heavy atom. The number of ether oxygens (including phenoxy) is 1.